The summed E-state index contributed by atoms with van der Waals surface area (Å²) in [5.74, 6) is -0.267. The van der Waals surface area contributed by atoms with Gasteiger partial charge in [0.2, 0.25) is 0 Å². The maximum atomic E-state index is 11.6. The Morgan fingerprint density at radius 2 is 1.95 bits per heavy atom. The second-order valence-electron chi connectivity index (χ2n) is 5.83. The summed E-state index contributed by atoms with van der Waals surface area (Å²) in [5, 5.41) is 2.68. The lowest BCUT2D eigenvalue weighted by atomic mass is 9.82. The summed E-state index contributed by atoms with van der Waals surface area (Å²) >= 11 is 0. The summed E-state index contributed by atoms with van der Waals surface area (Å²) in [6, 6.07) is 0. The minimum Gasteiger partial charge on any atom is -0.466 e. The first kappa shape index (κ1) is 15.8. The zero-order valence-corrected chi connectivity index (χ0v) is 12.1. The largest absolute Gasteiger partial charge is 0.466 e. The lowest BCUT2D eigenvalue weighted by Gasteiger charge is -2.40. The number of ether oxygens (including phenoxy) is 3. The van der Waals surface area contributed by atoms with Crippen LogP contribution in [0, 0.1) is 5.41 Å². The van der Waals surface area contributed by atoms with Gasteiger partial charge in [-0.1, -0.05) is 0 Å². The summed E-state index contributed by atoms with van der Waals surface area (Å²) in [5.41, 5.74) is -0.891. The Morgan fingerprint density at radius 1 is 1.32 bits per heavy atom. The van der Waals surface area contributed by atoms with Gasteiger partial charge in [-0.3, -0.25) is 4.79 Å². The number of amides is 1. The lowest BCUT2D eigenvalue weighted by molar-refractivity contribution is -0.160. The Hall–Kier alpha value is -1.30. The highest BCUT2D eigenvalue weighted by molar-refractivity contribution is 5.71. The molecule has 6 heteroatoms. The van der Waals surface area contributed by atoms with Gasteiger partial charge in [-0.05, 0) is 27.7 Å². The summed E-state index contributed by atoms with van der Waals surface area (Å²) in [4.78, 5) is 23.1. The fourth-order valence-corrected chi connectivity index (χ4v) is 1.75. The number of hydrogen-bond acceptors (Lipinski definition) is 5. The number of alkyl carbamates (subject to hydrolysis) is 1. The molecule has 1 rings (SSSR count). The molecule has 0 aromatic heterocycles. The summed E-state index contributed by atoms with van der Waals surface area (Å²) < 4.78 is 15.2. The van der Waals surface area contributed by atoms with Crippen molar-refractivity contribution in [2.24, 2.45) is 5.41 Å². The van der Waals surface area contributed by atoms with E-state index in [-0.39, 0.29) is 17.8 Å². The van der Waals surface area contributed by atoms with Crippen molar-refractivity contribution in [3.05, 3.63) is 0 Å². The molecule has 1 aliphatic heterocycles. The highest BCUT2D eigenvalue weighted by Crippen LogP contribution is 2.31. The normalized spacial score (nSPS) is 17.3. The standard InChI is InChI=1S/C13H23NO5/c1-5-18-10(15)6-13(8-17-9-13)7-14-11(16)19-12(2,3)4/h5-9H2,1-4H3,(H,14,16). The number of carbonyl (C=O) groups excluding carboxylic acids is 2. The first-order valence-corrected chi connectivity index (χ1v) is 6.47. The molecule has 0 atom stereocenters. The topological polar surface area (TPSA) is 73.9 Å². The number of hydrogen-bond donors (Lipinski definition) is 1. The average Bonchev–Trinajstić information content (AvgIpc) is 2.19. The Labute approximate surface area is 113 Å². The van der Waals surface area contributed by atoms with Crippen LogP contribution >= 0.6 is 0 Å². The van der Waals surface area contributed by atoms with Crippen LogP contribution in [0.1, 0.15) is 34.1 Å². The van der Waals surface area contributed by atoms with Crippen LogP contribution in [0.25, 0.3) is 0 Å². The maximum absolute atomic E-state index is 11.6. The van der Waals surface area contributed by atoms with Gasteiger partial charge in [0.05, 0.1) is 26.2 Å². The molecule has 1 saturated heterocycles. The van der Waals surface area contributed by atoms with Crippen LogP contribution in [0.3, 0.4) is 0 Å². The van der Waals surface area contributed by atoms with E-state index in [4.69, 9.17) is 14.2 Å². The third-order valence-corrected chi connectivity index (χ3v) is 2.65. The SMILES string of the molecule is CCOC(=O)CC1(CNC(=O)OC(C)(C)C)COC1. The second kappa shape index (κ2) is 6.23. The molecule has 0 radical (unpaired) electrons. The minimum atomic E-state index is -0.533. The van der Waals surface area contributed by atoms with E-state index in [0.29, 0.717) is 26.4 Å². The van der Waals surface area contributed by atoms with E-state index in [2.05, 4.69) is 5.32 Å². The van der Waals surface area contributed by atoms with Crippen LogP contribution in [-0.4, -0.2) is 44.0 Å². The molecule has 6 nitrogen and oxygen atoms in total. The molecule has 0 saturated carbocycles. The molecule has 1 amide bonds. The van der Waals surface area contributed by atoms with E-state index < -0.39 is 11.7 Å². The highest BCUT2D eigenvalue weighted by Gasteiger charge is 2.41. The summed E-state index contributed by atoms with van der Waals surface area (Å²) in [7, 11) is 0. The van der Waals surface area contributed by atoms with Gasteiger partial charge in [-0.2, -0.15) is 0 Å². The fourth-order valence-electron chi connectivity index (χ4n) is 1.75. The Kier molecular flexibility index (Phi) is 5.17. The molecule has 1 aliphatic rings. The molecule has 1 N–H and O–H groups in total. The molecule has 1 heterocycles. The summed E-state index contributed by atoms with van der Waals surface area (Å²) in [6.07, 6.45) is -0.237. The van der Waals surface area contributed by atoms with E-state index in [1.54, 1.807) is 27.7 Å². The maximum Gasteiger partial charge on any atom is 0.407 e. The van der Waals surface area contributed by atoms with Crippen LogP contribution in [0.15, 0.2) is 0 Å². The van der Waals surface area contributed by atoms with Crippen LogP contribution < -0.4 is 5.32 Å². The molecule has 0 aromatic carbocycles. The predicted octanol–water partition coefficient (Wildman–Crippen LogP) is 1.48. The zero-order chi connectivity index (χ0) is 14.5. The van der Waals surface area contributed by atoms with E-state index in [0.717, 1.165) is 0 Å². The van der Waals surface area contributed by atoms with E-state index in [1.807, 2.05) is 0 Å². The number of rotatable bonds is 5. The van der Waals surface area contributed by atoms with Crippen molar-refractivity contribution < 1.29 is 23.8 Å². The molecule has 110 valence electrons. The van der Waals surface area contributed by atoms with Crippen molar-refractivity contribution in [3.63, 3.8) is 0 Å². The van der Waals surface area contributed by atoms with Crippen LogP contribution in [0.2, 0.25) is 0 Å². The van der Waals surface area contributed by atoms with Crippen LogP contribution in [0.4, 0.5) is 4.79 Å². The molecule has 1 fully saturated rings. The predicted molar refractivity (Wildman–Crippen MR) is 68.7 cm³/mol. The van der Waals surface area contributed by atoms with Crippen molar-refractivity contribution in [2.45, 2.75) is 39.7 Å². The highest BCUT2D eigenvalue weighted by atomic mass is 16.6. The van der Waals surface area contributed by atoms with Gasteiger partial charge in [0.25, 0.3) is 0 Å². The van der Waals surface area contributed by atoms with Gasteiger partial charge in [-0.15, -0.1) is 0 Å². The molecule has 19 heavy (non-hydrogen) atoms. The first-order valence-electron chi connectivity index (χ1n) is 6.47. The van der Waals surface area contributed by atoms with Gasteiger partial charge in [0, 0.05) is 12.0 Å². The minimum absolute atomic E-state index is 0.247. The zero-order valence-electron chi connectivity index (χ0n) is 12.1. The van der Waals surface area contributed by atoms with Gasteiger partial charge >= 0.3 is 12.1 Å². The van der Waals surface area contributed by atoms with E-state index in [1.165, 1.54) is 0 Å². The van der Waals surface area contributed by atoms with Crippen molar-refractivity contribution in [2.75, 3.05) is 26.4 Å². The van der Waals surface area contributed by atoms with Crippen molar-refractivity contribution in [3.8, 4) is 0 Å². The van der Waals surface area contributed by atoms with Gasteiger partial charge < -0.3 is 19.5 Å². The summed E-state index contributed by atoms with van der Waals surface area (Å²) in [6.45, 7) is 8.76. The number of esters is 1. The Morgan fingerprint density at radius 3 is 2.37 bits per heavy atom. The molecule has 0 spiro atoms. The molecule has 0 aromatic rings. The van der Waals surface area contributed by atoms with E-state index in [9.17, 15) is 9.59 Å². The average molecular weight is 273 g/mol. The first-order chi connectivity index (χ1) is 8.76. The van der Waals surface area contributed by atoms with Crippen molar-refractivity contribution >= 4 is 12.1 Å². The molecule has 0 unspecified atom stereocenters. The van der Waals surface area contributed by atoms with Crippen LogP contribution in [0.5, 0.6) is 0 Å². The Balaban J connectivity index is 2.40. The van der Waals surface area contributed by atoms with E-state index >= 15 is 0 Å². The molecular weight excluding hydrogens is 250 g/mol. The Bertz CT molecular complexity index is 330. The monoisotopic (exact) mass is 273 g/mol. The number of carbonyl (C=O) groups is 2. The van der Waals surface area contributed by atoms with Crippen molar-refractivity contribution in [1.82, 2.24) is 5.32 Å². The molecule has 0 aliphatic carbocycles. The third kappa shape index (κ3) is 5.46. The third-order valence-electron chi connectivity index (χ3n) is 2.65. The fraction of sp³-hybridized carbons (Fsp3) is 0.846. The molecular formula is C13H23NO5. The van der Waals surface area contributed by atoms with Gasteiger partial charge in [0.1, 0.15) is 5.60 Å². The van der Waals surface area contributed by atoms with Crippen molar-refractivity contribution in [1.29, 1.82) is 0 Å². The number of nitrogens with one attached hydrogen (secondary N) is 1. The second-order valence-corrected chi connectivity index (χ2v) is 5.83. The van der Waals surface area contributed by atoms with Crippen LogP contribution in [-0.2, 0) is 19.0 Å². The van der Waals surface area contributed by atoms with Gasteiger partial charge in [0.15, 0.2) is 0 Å². The molecule has 0 bridgehead atoms. The quantitative estimate of drug-likeness (QED) is 0.768. The smallest absolute Gasteiger partial charge is 0.407 e. The lowest BCUT2D eigenvalue weighted by Crippen LogP contribution is -2.52. The van der Waals surface area contributed by atoms with Gasteiger partial charge in [-0.25, -0.2) is 4.79 Å².